The molecule has 3 amide bonds. The third-order valence-corrected chi connectivity index (χ3v) is 5.50. The van der Waals surface area contributed by atoms with E-state index in [1.54, 1.807) is 12.1 Å². The summed E-state index contributed by atoms with van der Waals surface area (Å²) in [4.78, 5) is 24.4. The average Bonchev–Trinajstić information content (AvgIpc) is 3.21. The maximum Gasteiger partial charge on any atom is 0.324 e. The summed E-state index contributed by atoms with van der Waals surface area (Å²) >= 11 is 0. The van der Waals surface area contributed by atoms with Crippen LogP contribution in [0.1, 0.15) is 32.0 Å². The fourth-order valence-corrected chi connectivity index (χ4v) is 3.77. The van der Waals surface area contributed by atoms with Crippen molar-refractivity contribution in [2.75, 3.05) is 10.6 Å². The third-order valence-electron chi connectivity index (χ3n) is 5.50. The normalized spacial score (nSPS) is 11.5. The number of hydrogen-bond acceptors (Lipinski definition) is 3. The van der Waals surface area contributed by atoms with Crippen LogP contribution in [0, 0.1) is 17.5 Å². The fraction of sp³-hybridized carbons (Fsp3) is 0.192. The number of rotatable bonds is 5. The van der Waals surface area contributed by atoms with Gasteiger partial charge in [0, 0.05) is 29.3 Å². The molecule has 7 nitrogen and oxygen atoms in total. The molecule has 0 aliphatic carbocycles. The van der Waals surface area contributed by atoms with Crippen molar-refractivity contribution in [3.05, 3.63) is 83.3 Å². The zero-order chi connectivity index (χ0) is 26.2. The van der Waals surface area contributed by atoms with Crippen molar-refractivity contribution >= 4 is 34.2 Å². The Morgan fingerprint density at radius 1 is 0.972 bits per heavy atom. The van der Waals surface area contributed by atoms with Crippen LogP contribution in [0.4, 0.5) is 29.5 Å². The molecule has 0 aliphatic heterocycles. The number of aromatic nitrogens is 2. The first-order chi connectivity index (χ1) is 16.9. The largest absolute Gasteiger partial charge is 0.369 e. The van der Waals surface area contributed by atoms with Gasteiger partial charge in [0.05, 0.1) is 17.8 Å². The summed E-state index contributed by atoms with van der Waals surface area (Å²) < 4.78 is 41.9. The molecule has 0 saturated heterocycles. The highest BCUT2D eigenvalue weighted by molar-refractivity contribution is 5.99. The van der Waals surface area contributed by atoms with Gasteiger partial charge in [-0.2, -0.15) is 5.10 Å². The van der Waals surface area contributed by atoms with E-state index < -0.39 is 29.4 Å². The smallest absolute Gasteiger partial charge is 0.324 e. The summed E-state index contributed by atoms with van der Waals surface area (Å²) in [6.07, 6.45) is 0.00664. The molecule has 4 rings (SSSR count). The van der Waals surface area contributed by atoms with E-state index in [9.17, 15) is 22.8 Å². The zero-order valence-electron chi connectivity index (χ0n) is 19.8. The summed E-state index contributed by atoms with van der Waals surface area (Å²) in [5.41, 5.74) is 6.73. The van der Waals surface area contributed by atoms with Crippen LogP contribution in [0.15, 0.2) is 54.6 Å². The molecule has 36 heavy (non-hydrogen) atoms. The van der Waals surface area contributed by atoms with Crippen LogP contribution in [0.3, 0.4) is 0 Å². The Kier molecular flexibility index (Phi) is 6.45. The third kappa shape index (κ3) is 5.17. The van der Waals surface area contributed by atoms with E-state index in [0.717, 1.165) is 10.8 Å². The number of urea groups is 1. The second kappa shape index (κ2) is 9.37. The summed E-state index contributed by atoms with van der Waals surface area (Å²) in [6, 6.07) is 13.3. The van der Waals surface area contributed by atoms with Crippen molar-refractivity contribution in [1.82, 2.24) is 9.78 Å². The van der Waals surface area contributed by atoms with Gasteiger partial charge in [0.25, 0.3) is 0 Å². The van der Waals surface area contributed by atoms with Crippen LogP contribution in [0.25, 0.3) is 16.5 Å². The van der Waals surface area contributed by atoms with Crippen molar-refractivity contribution in [3.63, 3.8) is 0 Å². The summed E-state index contributed by atoms with van der Waals surface area (Å²) in [6.45, 7) is 5.85. The van der Waals surface area contributed by atoms with E-state index >= 15 is 0 Å². The van der Waals surface area contributed by atoms with E-state index in [4.69, 9.17) is 5.73 Å². The molecule has 3 aromatic carbocycles. The fourth-order valence-electron chi connectivity index (χ4n) is 3.77. The van der Waals surface area contributed by atoms with Crippen molar-refractivity contribution in [2.45, 2.75) is 32.6 Å². The number of carbonyl (C=O) groups is 2. The predicted octanol–water partition coefficient (Wildman–Crippen LogP) is 5.41. The number of anilines is 2. The van der Waals surface area contributed by atoms with E-state index in [-0.39, 0.29) is 23.3 Å². The highest BCUT2D eigenvalue weighted by Gasteiger charge is 2.22. The number of hydrogen-bond donors (Lipinski definition) is 3. The average molecular weight is 496 g/mol. The number of primary amides is 1. The lowest BCUT2D eigenvalue weighted by atomic mass is 9.92. The molecular weight excluding hydrogens is 471 g/mol. The van der Waals surface area contributed by atoms with E-state index in [0.29, 0.717) is 29.1 Å². The number of nitrogens with two attached hydrogens (primary N) is 1. The van der Waals surface area contributed by atoms with Crippen LogP contribution < -0.4 is 16.4 Å². The lowest BCUT2D eigenvalue weighted by Gasteiger charge is -2.15. The number of amides is 3. The minimum absolute atomic E-state index is 0.00664. The van der Waals surface area contributed by atoms with Gasteiger partial charge in [0.1, 0.15) is 5.82 Å². The Morgan fingerprint density at radius 3 is 2.28 bits per heavy atom. The minimum atomic E-state index is -1.63. The number of halogens is 3. The van der Waals surface area contributed by atoms with Crippen LogP contribution in [0.5, 0.6) is 0 Å². The number of nitrogens with one attached hydrogen (secondary N) is 2. The van der Waals surface area contributed by atoms with E-state index in [1.165, 1.54) is 4.68 Å². The molecule has 0 atom stereocenters. The first-order valence-electron chi connectivity index (χ1n) is 11.1. The van der Waals surface area contributed by atoms with Crippen LogP contribution in [-0.2, 0) is 16.6 Å². The SMILES string of the molecule is CC(C)(C)c1cc(NC(=O)Nc2cc(F)c(F)c(F)c2)n(-c2cc(CC(N)=O)c3ccccc3c2)n1. The summed E-state index contributed by atoms with van der Waals surface area (Å²) in [5.74, 6) is -4.71. The Hall–Kier alpha value is -4.34. The van der Waals surface area contributed by atoms with E-state index in [1.807, 2.05) is 51.1 Å². The molecule has 186 valence electrons. The predicted molar refractivity (Wildman–Crippen MR) is 132 cm³/mol. The molecule has 0 aliphatic rings. The second-order valence-electron chi connectivity index (χ2n) is 9.38. The molecule has 0 spiro atoms. The standard InChI is InChI=1S/C26H24F3N5O2/c1-26(2,3)21-13-23(32-25(36)31-16-11-19(27)24(29)20(28)12-16)34(33-21)17-8-14-6-4-5-7-18(14)15(9-17)10-22(30)35/h4-9,11-13H,10H2,1-3H3,(H2,30,35)(H2,31,32,36). The minimum Gasteiger partial charge on any atom is -0.369 e. The van der Waals surface area contributed by atoms with Gasteiger partial charge in [-0.3, -0.25) is 10.1 Å². The van der Waals surface area contributed by atoms with Gasteiger partial charge in [-0.1, -0.05) is 45.0 Å². The molecule has 4 aromatic rings. The number of benzene rings is 3. The van der Waals surface area contributed by atoms with Crippen LogP contribution in [-0.4, -0.2) is 21.7 Å². The molecule has 4 N–H and O–H groups in total. The number of fused-ring (bicyclic) bond motifs is 1. The second-order valence-corrected chi connectivity index (χ2v) is 9.38. The zero-order valence-corrected chi connectivity index (χ0v) is 19.8. The molecule has 0 fully saturated rings. The lowest BCUT2D eigenvalue weighted by molar-refractivity contribution is -0.117. The van der Waals surface area contributed by atoms with Crippen LogP contribution >= 0.6 is 0 Å². The van der Waals surface area contributed by atoms with Gasteiger partial charge < -0.3 is 11.1 Å². The van der Waals surface area contributed by atoms with Crippen LogP contribution in [0.2, 0.25) is 0 Å². The van der Waals surface area contributed by atoms with Gasteiger partial charge in [-0.05, 0) is 28.5 Å². The number of carbonyl (C=O) groups excluding carboxylic acids is 2. The molecule has 0 bridgehead atoms. The topological polar surface area (TPSA) is 102 Å². The molecule has 0 radical (unpaired) electrons. The highest BCUT2D eigenvalue weighted by atomic mass is 19.2. The molecule has 1 aromatic heterocycles. The monoisotopic (exact) mass is 495 g/mol. The maximum atomic E-state index is 13.6. The Labute approximate surface area is 205 Å². The Balaban J connectivity index is 1.75. The van der Waals surface area contributed by atoms with Crippen molar-refractivity contribution in [3.8, 4) is 5.69 Å². The van der Waals surface area contributed by atoms with Gasteiger partial charge >= 0.3 is 6.03 Å². The summed E-state index contributed by atoms with van der Waals surface area (Å²) in [5, 5.41) is 11.3. The van der Waals surface area contributed by atoms with E-state index in [2.05, 4.69) is 15.7 Å². The number of nitrogens with zero attached hydrogens (tertiary/aromatic N) is 2. The highest BCUT2D eigenvalue weighted by Crippen LogP contribution is 2.30. The Bertz CT molecular complexity index is 1470. The maximum absolute atomic E-state index is 13.6. The Morgan fingerprint density at radius 2 is 1.64 bits per heavy atom. The molecule has 10 heteroatoms. The van der Waals surface area contributed by atoms with Gasteiger partial charge in [-0.25, -0.2) is 22.6 Å². The first-order valence-corrected chi connectivity index (χ1v) is 11.1. The molecule has 1 heterocycles. The van der Waals surface area contributed by atoms with Gasteiger partial charge in [0.2, 0.25) is 5.91 Å². The molecule has 0 saturated carbocycles. The molecule has 0 unspecified atom stereocenters. The van der Waals surface area contributed by atoms with Crippen molar-refractivity contribution < 1.29 is 22.8 Å². The lowest BCUT2D eigenvalue weighted by Crippen LogP contribution is -2.21. The quantitative estimate of drug-likeness (QED) is 0.323. The summed E-state index contributed by atoms with van der Waals surface area (Å²) in [7, 11) is 0. The van der Waals surface area contributed by atoms with Gasteiger partial charge in [-0.15, -0.1) is 0 Å². The van der Waals surface area contributed by atoms with Crippen molar-refractivity contribution in [1.29, 1.82) is 0 Å². The first kappa shape index (κ1) is 24.8. The molecular formula is C26H24F3N5O2. The van der Waals surface area contributed by atoms with Gasteiger partial charge in [0.15, 0.2) is 17.5 Å². The van der Waals surface area contributed by atoms with Crippen molar-refractivity contribution in [2.24, 2.45) is 5.73 Å².